The molecule has 4 saturated heterocycles. The van der Waals surface area contributed by atoms with Crippen LogP contribution in [0.5, 0.6) is 0 Å². The highest BCUT2D eigenvalue weighted by Gasteiger charge is 2.78. The third-order valence-electron chi connectivity index (χ3n) is 8.78. The molecule has 2 aromatic carbocycles. The number of ketones is 1. The van der Waals surface area contributed by atoms with Crippen molar-refractivity contribution in [2.75, 3.05) is 26.4 Å². The normalized spacial score (nSPS) is 35.3. The summed E-state index contributed by atoms with van der Waals surface area (Å²) in [5.74, 6) is 0.170. The highest BCUT2D eigenvalue weighted by Crippen LogP contribution is 2.60. The molecule has 0 radical (unpaired) electrons. The molecule has 6 heteroatoms. The molecule has 0 aromatic heterocycles. The predicted octanol–water partition coefficient (Wildman–Crippen LogP) is 3.91. The Morgan fingerprint density at radius 3 is 2.11 bits per heavy atom. The summed E-state index contributed by atoms with van der Waals surface area (Å²) in [6.45, 7) is 5.96. The number of hydrogen-bond acceptors (Lipinski definition) is 6. The number of rotatable bonds is 6. The standard InChI is InChI=1S/C29H35NO5/c1-22(30(20-23-8-4-2-5-9-23)21-24-10-6-3-7-11-24)26-28(13-17-32-26)29(15-19-34-28)27(14-18-35-29)25(31)12-16-33-27/h2-11,22,26H,12-21H2,1H3/t22-,26-,27+,28-,29+/m0/s1. The van der Waals surface area contributed by atoms with Crippen LogP contribution in [-0.4, -0.2) is 66.1 Å². The summed E-state index contributed by atoms with van der Waals surface area (Å²) < 4.78 is 26.0. The van der Waals surface area contributed by atoms with Crippen molar-refractivity contribution in [3.63, 3.8) is 0 Å². The lowest BCUT2D eigenvalue weighted by atomic mass is 9.65. The van der Waals surface area contributed by atoms with Crippen molar-refractivity contribution in [3.8, 4) is 0 Å². The van der Waals surface area contributed by atoms with E-state index in [-0.39, 0.29) is 17.9 Å². The van der Waals surface area contributed by atoms with Gasteiger partial charge in [-0.05, 0) is 18.1 Å². The number of Topliss-reactive ketones (excluding diaryl/α,β-unsaturated/α-hetero) is 1. The van der Waals surface area contributed by atoms with Gasteiger partial charge in [-0.3, -0.25) is 9.69 Å². The van der Waals surface area contributed by atoms with Gasteiger partial charge in [0, 0.05) is 44.8 Å². The van der Waals surface area contributed by atoms with Crippen LogP contribution in [0.15, 0.2) is 60.7 Å². The van der Waals surface area contributed by atoms with E-state index >= 15 is 0 Å². The lowest BCUT2D eigenvalue weighted by molar-refractivity contribution is -0.223. The summed E-state index contributed by atoms with van der Waals surface area (Å²) in [6, 6.07) is 21.2. The molecule has 3 spiro atoms. The summed E-state index contributed by atoms with van der Waals surface area (Å²) in [5.41, 5.74) is 0.126. The largest absolute Gasteiger partial charge is 0.373 e. The van der Waals surface area contributed by atoms with E-state index in [4.69, 9.17) is 18.9 Å². The third-order valence-corrected chi connectivity index (χ3v) is 8.78. The first-order valence-electron chi connectivity index (χ1n) is 13.0. The van der Waals surface area contributed by atoms with Gasteiger partial charge in [-0.1, -0.05) is 60.7 Å². The maximum atomic E-state index is 13.3. The molecule has 0 amide bonds. The van der Waals surface area contributed by atoms with E-state index in [1.165, 1.54) is 11.1 Å². The van der Waals surface area contributed by atoms with Crippen molar-refractivity contribution >= 4 is 5.78 Å². The van der Waals surface area contributed by atoms with Crippen LogP contribution in [0.4, 0.5) is 0 Å². The molecule has 0 unspecified atom stereocenters. The summed E-state index contributed by atoms with van der Waals surface area (Å²) >= 11 is 0. The number of nitrogens with zero attached hydrogens (tertiary/aromatic N) is 1. The molecule has 4 heterocycles. The first-order chi connectivity index (χ1) is 17.1. The summed E-state index contributed by atoms with van der Waals surface area (Å²) in [5, 5.41) is 0. The Morgan fingerprint density at radius 2 is 1.49 bits per heavy atom. The molecule has 2 aromatic rings. The fourth-order valence-corrected chi connectivity index (χ4v) is 7.18. The zero-order chi connectivity index (χ0) is 23.9. The Balaban J connectivity index is 1.36. The molecule has 0 bridgehead atoms. The Kier molecular flexibility index (Phi) is 6.06. The average molecular weight is 478 g/mol. The highest BCUT2D eigenvalue weighted by molar-refractivity contribution is 5.91. The van der Waals surface area contributed by atoms with Gasteiger partial charge in [-0.25, -0.2) is 0 Å². The van der Waals surface area contributed by atoms with Crippen LogP contribution in [0.1, 0.15) is 43.7 Å². The van der Waals surface area contributed by atoms with E-state index in [1.807, 2.05) is 0 Å². The van der Waals surface area contributed by atoms with E-state index in [1.54, 1.807) is 0 Å². The Hall–Kier alpha value is -2.09. The van der Waals surface area contributed by atoms with Gasteiger partial charge in [-0.15, -0.1) is 0 Å². The first kappa shape index (κ1) is 23.3. The molecule has 5 atom stereocenters. The van der Waals surface area contributed by atoms with Gasteiger partial charge in [0.05, 0.1) is 26.4 Å². The number of carbonyl (C=O) groups is 1. The van der Waals surface area contributed by atoms with Crippen LogP contribution in [0.25, 0.3) is 0 Å². The fourth-order valence-electron chi connectivity index (χ4n) is 7.18. The van der Waals surface area contributed by atoms with E-state index in [2.05, 4.69) is 72.5 Å². The predicted molar refractivity (Wildman–Crippen MR) is 131 cm³/mol. The second-order valence-electron chi connectivity index (χ2n) is 10.4. The smallest absolute Gasteiger partial charge is 0.170 e. The second-order valence-corrected chi connectivity index (χ2v) is 10.4. The van der Waals surface area contributed by atoms with Gasteiger partial charge < -0.3 is 18.9 Å². The van der Waals surface area contributed by atoms with E-state index < -0.39 is 16.8 Å². The molecular formula is C29H35NO5. The summed E-state index contributed by atoms with van der Waals surface area (Å²) in [7, 11) is 0. The van der Waals surface area contributed by atoms with Crippen LogP contribution in [-0.2, 0) is 36.8 Å². The maximum Gasteiger partial charge on any atom is 0.170 e. The summed E-state index contributed by atoms with van der Waals surface area (Å²) in [4.78, 5) is 15.7. The monoisotopic (exact) mass is 477 g/mol. The van der Waals surface area contributed by atoms with E-state index in [0.29, 0.717) is 52.1 Å². The number of ether oxygens (including phenoxy) is 4. The quantitative estimate of drug-likeness (QED) is 0.629. The van der Waals surface area contributed by atoms with Gasteiger partial charge >= 0.3 is 0 Å². The second kappa shape index (κ2) is 9.09. The molecule has 0 saturated carbocycles. The van der Waals surface area contributed by atoms with E-state index in [0.717, 1.165) is 13.1 Å². The molecule has 4 fully saturated rings. The van der Waals surface area contributed by atoms with Crippen molar-refractivity contribution in [1.29, 1.82) is 0 Å². The molecule has 186 valence electrons. The Bertz CT molecular complexity index is 994. The summed E-state index contributed by atoms with van der Waals surface area (Å²) in [6.07, 6.45) is 2.21. The minimum Gasteiger partial charge on any atom is -0.373 e. The molecular weight excluding hydrogens is 442 g/mol. The third kappa shape index (κ3) is 3.53. The molecule has 4 aliphatic heterocycles. The Morgan fingerprint density at radius 1 is 0.829 bits per heavy atom. The van der Waals surface area contributed by atoms with Crippen molar-refractivity contribution in [2.24, 2.45) is 0 Å². The van der Waals surface area contributed by atoms with Crippen molar-refractivity contribution in [1.82, 2.24) is 4.90 Å². The molecule has 6 rings (SSSR count). The highest BCUT2D eigenvalue weighted by atomic mass is 16.6. The molecule has 35 heavy (non-hydrogen) atoms. The molecule has 6 nitrogen and oxygen atoms in total. The van der Waals surface area contributed by atoms with Gasteiger partial charge in [0.25, 0.3) is 0 Å². The first-order valence-corrected chi connectivity index (χ1v) is 13.0. The van der Waals surface area contributed by atoms with Gasteiger partial charge in [0.15, 0.2) is 11.4 Å². The van der Waals surface area contributed by atoms with Gasteiger partial charge in [-0.2, -0.15) is 0 Å². The van der Waals surface area contributed by atoms with Crippen LogP contribution >= 0.6 is 0 Å². The number of benzene rings is 2. The maximum absolute atomic E-state index is 13.3. The Labute approximate surface area is 207 Å². The minimum absolute atomic E-state index is 0.0330. The van der Waals surface area contributed by atoms with Crippen molar-refractivity contribution in [3.05, 3.63) is 71.8 Å². The van der Waals surface area contributed by atoms with Crippen LogP contribution in [0.3, 0.4) is 0 Å². The topological polar surface area (TPSA) is 57.2 Å². The fraction of sp³-hybridized carbons (Fsp3) is 0.552. The molecule has 0 N–H and O–H groups in total. The molecule has 4 aliphatic rings. The zero-order valence-electron chi connectivity index (χ0n) is 20.5. The van der Waals surface area contributed by atoms with Crippen molar-refractivity contribution < 1.29 is 23.7 Å². The number of fused-ring (bicyclic) bond motifs is 2. The zero-order valence-corrected chi connectivity index (χ0v) is 20.5. The number of hydrogen-bond donors (Lipinski definition) is 0. The average Bonchev–Trinajstić information content (AvgIpc) is 3.66. The SMILES string of the molecule is C[C@@H]([C@@H]1OCC[C@]12OCC[C@]21OCC[C@]12OCCC2=O)N(Cc1ccccc1)Cc1ccccc1. The van der Waals surface area contributed by atoms with Crippen molar-refractivity contribution in [2.45, 2.75) is 74.6 Å². The van der Waals surface area contributed by atoms with Crippen LogP contribution in [0.2, 0.25) is 0 Å². The lowest BCUT2D eigenvalue weighted by Gasteiger charge is -2.50. The van der Waals surface area contributed by atoms with Gasteiger partial charge in [0.2, 0.25) is 0 Å². The van der Waals surface area contributed by atoms with Gasteiger partial charge in [0.1, 0.15) is 17.3 Å². The van der Waals surface area contributed by atoms with E-state index in [9.17, 15) is 4.79 Å². The number of carbonyl (C=O) groups excluding carboxylic acids is 1. The molecule has 0 aliphatic carbocycles. The minimum atomic E-state index is -0.904. The lowest BCUT2D eigenvalue weighted by Crippen LogP contribution is -2.70. The van der Waals surface area contributed by atoms with Crippen LogP contribution in [0, 0.1) is 0 Å². The van der Waals surface area contributed by atoms with Crippen LogP contribution < -0.4 is 0 Å².